The molecule has 0 aliphatic carbocycles. The summed E-state index contributed by atoms with van der Waals surface area (Å²) in [6.07, 6.45) is 1.37. The second-order valence-corrected chi connectivity index (χ2v) is 9.53. The molecule has 1 fully saturated rings. The van der Waals surface area contributed by atoms with Crippen LogP contribution in [0.25, 0.3) is 0 Å². The normalized spacial score (nSPS) is 18.2. The van der Waals surface area contributed by atoms with Crippen molar-refractivity contribution in [3.63, 3.8) is 0 Å². The Labute approximate surface area is 173 Å². The third-order valence-electron chi connectivity index (χ3n) is 5.18. The average Bonchev–Trinajstić information content (AvgIpc) is 3.14. The van der Waals surface area contributed by atoms with Gasteiger partial charge < -0.3 is 14.2 Å². The predicted octanol–water partition coefficient (Wildman–Crippen LogP) is 3.75. The van der Waals surface area contributed by atoms with Crippen molar-refractivity contribution in [1.82, 2.24) is 4.72 Å². The summed E-state index contributed by atoms with van der Waals surface area (Å²) >= 11 is 11.9. The molecule has 0 aromatic heterocycles. The first-order valence-corrected chi connectivity index (χ1v) is 11.1. The van der Waals surface area contributed by atoms with E-state index in [1.165, 1.54) is 18.2 Å². The topological polar surface area (TPSA) is 73.9 Å². The van der Waals surface area contributed by atoms with Gasteiger partial charge in [0.25, 0.3) is 0 Å². The third-order valence-corrected chi connectivity index (χ3v) is 7.00. The second-order valence-electron chi connectivity index (χ2n) is 6.89. The van der Waals surface area contributed by atoms with Crippen LogP contribution in [0.1, 0.15) is 18.4 Å². The van der Waals surface area contributed by atoms with Gasteiger partial charge in [0.2, 0.25) is 16.8 Å². The summed E-state index contributed by atoms with van der Waals surface area (Å²) in [6.45, 7) is 1.53. The zero-order valence-corrected chi connectivity index (χ0v) is 17.2. The van der Waals surface area contributed by atoms with Gasteiger partial charge in [-0.3, -0.25) is 0 Å². The average molecular weight is 444 g/mol. The monoisotopic (exact) mass is 443 g/mol. The van der Waals surface area contributed by atoms with E-state index in [4.69, 9.17) is 37.4 Å². The van der Waals surface area contributed by atoms with Gasteiger partial charge in [0.15, 0.2) is 11.5 Å². The van der Waals surface area contributed by atoms with Crippen LogP contribution >= 0.6 is 23.2 Å². The largest absolute Gasteiger partial charge is 0.454 e. The van der Waals surface area contributed by atoms with Gasteiger partial charge in [0.05, 0.1) is 4.90 Å². The summed E-state index contributed by atoms with van der Waals surface area (Å²) in [6, 6.07) is 10.0. The minimum atomic E-state index is -3.78. The molecule has 2 aliphatic rings. The molecular weight excluding hydrogens is 425 g/mol. The quantitative estimate of drug-likeness (QED) is 0.761. The molecular formula is C19H19Cl2NO5S. The van der Waals surface area contributed by atoms with Gasteiger partial charge in [-0.15, -0.1) is 0 Å². The molecule has 6 nitrogen and oxygen atoms in total. The van der Waals surface area contributed by atoms with Gasteiger partial charge >= 0.3 is 0 Å². The number of benzene rings is 2. The van der Waals surface area contributed by atoms with E-state index < -0.39 is 15.4 Å². The summed E-state index contributed by atoms with van der Waals surface area (Å²) < 4.78 is 44.8. The standard InChI is InChI=1S/C19H19Cl2NO5S/c20-14-8-15(21)10-16(9-14)28(23,24)22-11-19(3-5-25-6-4-19)13-1-2-17-18(7-13)27-12-26-17/h1-2,7-10,22H,3-6,11-12H2. The summed E-state index contributed by atoms with van der Waals surface area (Å²) in [5.41, 5.74) is 0.584. The Hall–Kier alpha value is -1.51. The molecule has 150 valence electrons. The van der Waals surface area contributed by atoms with Crippen LogP contribution in [0.15, 0.2) is 41.3 Å². The fourth-order valence-electron chi connectivity index (χ4n) is 3.56. The number of hydrogen-bond donors (Lipinski definition) is 1. The molecule has 2 aromatic rings. The van der Waals surface area contributed by atoms with Crippen molar-refractivity contribution in [1.29, 1.82) is 0 Å². The molecule has 0 unspecified atom stereocenters. The number of hydrogen-bond acceptors (Lipinski definition) is 5. The van der Waals surface area contributed by atoms with Gasteiger partial charge in [0, 0.05) is 35.2 Å². The van der Waals surface area contributed by atoms with E-state index in [0.29, 0.717) is 37.6 Å². The lowest BCUT2D eigenvalue weighted by atomic mass is 9.74. The van der Waals surface area contributed by atoms with Crippen LogP contribution in [0.2, 0.25) is 10.0 Å². The molecule has 0 saturated carbocycles. The molecule has 9 heteroatoms. The molecule has 1 saturated heterocycles. The highest BCUT2D eigenvalue weighted by molar-refractivity contribution is 7.89. The van der Waals surface area contributed by atoms with Crippen molar-refractivity contribution in [3.8, 4) is 11.5 Å². The van der Waals surface area contributed by atoms with E-state index >= 15 is 0 Å². The first kappa shape index (κ1) is 19.8. The zero-order chi connectivity index (χ0) is 19.8. The lowest BCUT2D eigenvalue weighted by molar-refractivity contribution is 0.0516. The number of sulfonamides is 1. The summed E-state index contributed by atoms with van der Waals surface area (Å²) in [5, 5.41) is 0.536. The van der Waals surface area contributed by atoms with Crippen molar-refractivity contribution >= 4 is 33.2 Å². The molecule has 0 atom stereocenters. The Morgan fingerprint density at radius 1 is 0.964 bits per heavy atom. The fourth-order valence-corrected chi connectivity index (χ4v) is 5.41. The summed E-state index contributed by atoms with van der Waals surface area (Å²) in [4.78, 5) is 0.0397. The van der Waals surface area contributed by atoms with Crippen LogP contribution in [0.4, 0.5) is 0 Å². The Morgan fingerprint density at radius 3 is 2.36 bits per heavy atom. The van der Waals surface area contributed by atoms with E-state index in [1.807, 2.05) is 18.2 Å². The first-order chi connectivity index (χ1) is 13.4. The molecule has 2 aromatic carbocycles. The van der Waals surface area contributed by atoms with Crippen molar-refractivity contribution in [2.24, 2.45) is 0 Å². The first-order valence-electron chi connectivity index (χ1n) is 8.82. The number of ether oxygens (including phenoxy) is 3. The van der Waals surface area contributed by atoms with Crippen molar-refractivity contribution in [2.45, 2.75) is 23.2 Å². The highest BCUT2D eigenvalue weighted by Gasteiger charge is 2.37. The predicted molar refractivity (Wildman–Crippen MR) is 106 cm³/mol. The lowest BCUT2D eigenvalue weighted by Gasteiger charge is -2.38. The highest BCUT2D eigenvalue weighted by Crippen LogP contribution is 2.40. The third kappa shape index (κ3) is 3.95. The van der Waals surface area contributed by atoms with Crippen LogP contribution in [-0.2, 0) is 20.2 Å². The number of rotatable bonds is 5. The maximum atomic E-state index is 12.8. The molecule has 0 radical (unpaired) electrons. The molecule has 1 N–H and O–H groups in total. The lowest BCUT2D eigenvalue weighted by Crippen LogP contribution is -2.44. The van der Waals surface area contributed by atoms with Crippen molar-refractivity contribution in [3.05, 3.63) is 52.0 Å². The maximum Gasteiger partial charge on any atom is 0.240 e. The molecule has 2 aliphatic heterocycles. The maximum absolute atomic E-state index is 12.8. The van der Waals surface area contributed by atoms with Crippen molar-refractivity contribution < 1.29 is 22.6 Å². The Balaban J connectivity index is 1.62. The van der Waals surface area contributed by atoms with Crippen LogP contribution < -0.4 is 14.2 Å². The van der Waals surface area contributed by atoms with Crippen LogP contribution in [0.5, 0.6) is 11.5 Å². The molecule has 0 spiro atoms. The van der Waals surface area contributed by atoms with E-state index in [-0.39, 0.29) is 28.3 Å². The van der Waals surface area contributed by atoms with Gasteiger partial charge in [-0.2, -0.15) is 0 Å². The number of halogens is 2. The van der Waals surface area contributed by atoms with Gasteiger partial charge in [-0.05, 0) is 48.7 Å². The van der Waals surface area contributed by atoms with Crippen LogP contribution in [0, 0.1) is 0 Å². The molecule has 4 rings (SSSR count). The summed E-state index contributed by atoms with van der Waals surface area (Å²) in [5.74, 6) is 1.37. The molecule has 2 heterocycles. The zero-order valence-electron chi connectivity index (χ0n) is 14.9. The molecule has 0 bridgehead atoms. The minimum Gasteiger partial charge on any atom is -0.454 e. The number of nitrogens with one attached hydrogen (secondary N) is 1. The van der Waals surface area contributed by atoms with Gasteiger partial charge in [-0.1, -0.05) is 29.3 Å². The van der Waals surface area contributed by atoms with Gasteiger partial charge in [0.1, 0.15) is 0 Å². The van der Waals surface area contributed by atoms with E-state index in [0.717, 1.165) is 5.56 Å². The van der Waals surface area contributed by atoms with E-state index in [9.17, 15) is 8.42 Å². The van der Waals surface area contributed by atoms with Crippen LogP contribution in [0.3, 0.4) is 0 Å². The van der Waals surface area contributed by atoms with E-state index in [2.05, 4.69) is 4.72 Å². The highest BCUT2D eigenvalue weighted by atomic mass is 35.5. The Kier molecular flexibility index (Phi) is 5.46. The SMILES string of the molecule is O=S(=O)(NCC1(c2ccc3c(c2)OCO3)CCOCC1)c1cc(Cl)cc(Cl)c1. The molecule has 0 amide bonds. The van der Waals surface area contributed by atoms with Gasteiger partial charge in [-0.25, -0.2) is 13.1 Å². The smallest absolute Gasteiger partial charge is 0.240 e. The number of fused-ring (bicyclic) bond motifs is 1. The van der Waals surface area contributed by atoms with Crippen LogP contribution in [-0.4, -0.2) is 35.0 Å². The Bertz CT molecular complexity index is 970. The van der Waals surface area contributed by atoms with E-state index in [1.54, 1.807) is 0 Å². The molecule has 28 heavy (non-hydrogen) atoms. The Morgan fingerprint density at radius 2 is 1.64 bits per heavy atom. The minimum absolute atomic E-state index is 0.0397. The van der Waals surface area contributed by atoms with Crippen molar-refractivity contribution in [2.75, 3.05) is 26.6 Å². The fraction of sp³-hybridized carbons (Fsp3) is 0.368. The second kappa shape index (κ2) is 7.72. The summed E-state index contributed by atoms with van der Waals surface area (Å²) in [7, 11) is -3.78.